The summed E-state index contributed by atoms with van der Waals surface area (Å²) in [6.07, 6.45) is 0. The van der Waals surface area contributed by atoms with Crippen LogP contribution in [0.3, 0.4) is 0 Å². The highest BCUT2D eigenvalue weighted by atomic mass is 16.2. The van der Waals surface area contributed by atoms with Crippen molar-refractivity contribution in [1.29, 1.82) is 0 Å². The van der Waals surface area contributed by atoms with Crippen LogP contribution in [0.4, 0.5) is 0 Å². The SMILES string of the molecule is Cc1cccc(C(=O)N2CC(C)NC(C)C2)c1C. The summed E-state index contributed by atoms with van der Waals surface area (Å²) >= 11 is 0. The van der Waals surface area contributed by atoms with Crippen LogP contribution in [0.2, 0.25) is 0 Å². The van der Waals surface area contributed by atoms with E-state index in [2.05, 4.69) is 32.2 Å². The highest BCUT2D eigenvalue weighted by molar-refractivity contribution is 5.96. The molecular weight excluding hydrogens is 224 g/mol. The molecule has 3 nitrogen and oxygen atoms in total. The van der Waals surface area contributed by atoms with Gasteiger partial charge in [-0.15, -0.1) is 0 Å². The highest BCUT2D eigenvalue weighted by Gasteiger charge is 2.26. The summed E-state index contributed by atoms with van der Waals surface area (Å²) in [5.74, 6) is 0.163. The maximum Gasteiger partial charge on any atom is 0.254 e. The van der Waals surface area contributed by atoms with E-state index < -0.39 is 0 Å². The van der Waals surface area contributed by atoms with E-state index in [9.17, 15) is 4.79 Å². The Hall–Kier alpha value is -1.35. The summed E-state index contributed by atoms with van der Waals surface area (Å²) in [5.41, 5.74) is 3.12. The Labute approximate surface area is 109 Å². The van der Waals surface area contributed by atoms with Crippen molar-refractivity contribution in [3.8, 4) is 0 Å². The number of benzene rings is 1. The number of nitrogens with zero attached hydrogens (tertiary/aromatic N) is 1. The Morgan fingerprint density at radius 1 is 1.22 bits per heavy atom. The molecule has 0 aliphatic carbocycles. The van der Waals surface area contributed by atoms with Gasteiger partial charge in [0.25, 0.3) is 5.91 Å². The van der Waals surface area contributed by atoms with Crippen LogP contribution in [0, 0.1) is 13.8 Å². The number of piperazine rings is 1. The lowest BCUT2D eigenvalue weighted by Gasteiger charge is -2.36. The van der Waals surface area contributed by atoms with E-state index in [1.165, 1.54) is 5.56 Å². The summed E-state index contributed by atoms with van der Waals surface area (Å²) < 4.78 is 0. The lowest BCUT2D eigenvalue weighted by molar-refractivity contribution is 0.0673. The third kappa shape index (κ3) is 2.56. The predicted octanol–water partition coefficient (Wildman–Crippen LogP) is 2.13. The molecule has 0 spiro atoms. The van der Waals surface area contributed by atoms with Gasteiger partial charge in [-0.3, -0.25) is 4.79 Å². The summed E-state index contributed by atoms with van der Waals surface area (Å²) in [6.45, 7) is 9.90. The maximum absolute atomic E-state index is 12.6. The van der Waals surface area contributed by atoms with Gasteiger partial charge in [0.2, 0.25) is 0 Å². The molecule has 1 aromatic rings. The Bertz CT molecular complexity index is 446. The Balaban J connectivity index is 2.23. The van der Waals surface area contributed by atoms with E-state index in [-0.39, 0.29) is 5.91 Å². The molecule has 18 heavy (non-hydrogen) atoms. The molecule has 3 heteroatoms. The third-order valence-electron chi connectivity index (χ3n) is 3.68. The van der Waals surface area contributed by atoms with Crippen LogP contribution >= 0.6 is 0 Å². The minimum Gasteiger partial charge on any atom is -0.336 e. The Kier molecular flexibility index (Phi) is 3.71. The topological polar surface area (TPSA) is 32.3 Å². The molecule has 1 fully saturated rings. The number of hydrogen-bond acceptors (Lipinski definition) is 2. The van der Waals surface area contributed by atoms with Crippen LogP contribution < -0.4 is 5.32 Å². The zero-order valence-electron chi connectivity index (χ0n) is 11.7. The third-order valence-corrected chi connectivity index (χ3v) is 3.68. The number of hydrogen-bond donors (Lipinski definition) is 1. The molecular formula is C15H22N2O. The fraction of sp³-hybridized carbons (Fsp3) is 0.533. The zero-order chi connectivity index (χ0) is 13.3. The van der Waals surface area contributed by atoms with Crippen molar-refractivity contribution in [2.24, 2.45) is 0 Å². The molecule has 98 valence electrons. The van der Waals surface area contributed by atoms with Crippen molar-refractivity contribution in [2.45, 2.75) is 39.8 Å². The number of aryl methyl sites for hydroxylation is 1. The van der Waals surface area contributed by atoms with Crippen molar-refractivity contribution in [3.63, 3.8) is 0 Å². The van der Waals surface area contributed by atoms with Gasteiger partial charge < -0.3 is 10.2 Å². The Morgan fingerprint density at radius 3 is 2.44 bits per heavy atom. The normalized spacial score (nSPS) is 24.1. The van der Waals surface area contributed by atoms with Gasteiger partial charge in [0.1, 0.15) is 0 Å². The average molecular weight is 246 g/mol. The zero-order valence-corrected chi connectivity index (χ0v) is 11.7. The van der Waals surface area contributed by atoms with E-state index in [1.807, 2.05) is 24.0 Å². The molecule has 1 aromatic carbocycles. The first-order valence-corrected chi connectivity index (χ1v) is 6.60. The molecule has 0 bridgehead atoms. The molecule has 1 aliphatic rings. The largest absolute Gasteiger partial charge is 0.336 e. The molecule has 0 saturated carbocycles. The fourth-order valence-electron chi connectivity index (χ4n) is 2.65. The summed E-state index contributed by atoms with van der Waals surface area (Å²) in [5, 5.41) is 3.45. The van der Waals surface area contributed by atoms with Crippen LogP contribution in [-0.4, -0.2) is 36.0 Å². The van der Waals surface area contributed by atoms with Gasteiger partial charge in [-0.05, 0) is 44.9 Å². The van der Waals surface area contributed by atoms with Crippen LogP contribution in [0.1, 0.15) is 35.3 Å². The van der Waals surface area contributed by atoms with E-state index >= 15 is 0 Å². The number of rotatable bonds is 1. The summed E-state index contributed by atoms with van der Waals surface area (Å²) in [4.78, 5) is 14.5. The number of amides is 1. The van der Waals surface area contributed by atoms with Crippen molar-refractivity contribution < 1.29 is 4.79 Å². The van der Waals surface area contributed by atoms with E-state index in [0.717, 1.165) is 24.2 Å². The number of carbonyl (C=O) groups excluding carboxylic acids is 1. The molecule has 2 atom stereocenters. The molecule has 2 rings (SSSR count). The molecule has 1 amide bonds. The smallest absolute Gasteiger partial charge is 0.254 e. The van der Waals surface area contributed by atoms with Crippen LogP contribution in [0.5, 0.6) is 0 Å². The predicted molar refractivity (Wildman–Crippen MR) is 73.9 cm³/mol. The van der Waals surface area contributed by atoms with Crippen LogP contribution in [0.25, 0.3) is 0 Å². The molecule has 1 heterocycles. The van der Waals surface area contributed by atoms with Gasteiger partial charge in [-0.25, -0.2) is 0 Å². The van der Waals surface area contributed by atoms with E-state index in [1.54, 1.807) is 0 Å². The Morgan fingerprint density at radius 2 is 1.83 bits per heavy atom. The van der Waals surface area contributed by atoms with Gasteiger partial charge in [-0.1, -0.05) is 12.1 Å². The molecule has 1 aliphatic heterocycles. The van der Waals surface area contributed by atoms with Gasteiger partial charge in [-0.2, -0.15) is 0 Å². The molecule has 1 saturated heterocycles. The second kappa shape index (κ2) is 5.11. The van der Waals surface area contributed by atoms with Crippen LogP contribution in [-0.2, 0) is 0 Å². The first-order valence-electron chi connectivity index (χ1n) is 6.60. The quantitative estimate of drug-likeness (QED) is 0.823. The standard InChI is InChI=1S/C15H22N2O/c1-10-6-5-7-14(13(10)4)15(18)17-8-11(2)16-12(3)9-17/h5-7,11-12,16H,8-9H2,1-4H3. The lowest BCUT2D eigenvalue weighted by Crippen LogP contribution is -2.55. The van der Waals surface area contributed by atoms with E-state index in [4.69, 9.17) is 0 Å². The second-order valence-electron chi connectivity index (χ2n) is 5.43. The van der Waals surface area contributed by atoms with Gasteiger partial charge >= 0.3 is 0 Å². The first kappa shape index (κ1) is 13.1. The van der Waals surface area contributed by atoms with Crippen molar-refractivity contribution in [1.82, 2.24) is 10.2 Å². The number of nitrogens with one attached hydrogen (secondary N) is 1. The summed E-state index contributed by atoms with van der Waals surface area (Å²) in [7, 11) is 0. The van der Waals surface area contributed by atoms with E-state index in [0.29, 0.717) is 12.1 Å². The van der Waals surface area contributed by atoms with Crippen molar-refractivity contribution >= 4 is 5.91 Å². The van der Waals surface area contributed by atoms with Crippen LogP contribution in [0.15, 0.2) is 18.2 Å². The molecule has 0 aromatic heterocycles. The summed E-state index contributed by atoms with van der Waals surface area (Å²) in [6, 6.07) is 6.67. The lowest BCUT2D eigenvalue weighted by atomic mass is 10.0. The average Bonchev–Trinajstić information content (AvgIpc) is 2.30. The maximum atomic E-state index is 12.6. The molecule has 1 N–H and O–H groups in total. The number of carbonyl (C=O) groups is 1. The minimum atomic E-state index is 0.163. The van der Waals surface area contributed by atoms with Gasteiger partial charge in [0.05, 0.1) is 0 Å². The van der Waals surface area contributed by atoms with Crippen molar-refractivity contribution in [3.05, 3.63) is 34.9 Å². The van der Waals surface area contributed by atoms with Gasteiger partial charge in [0, 0.05) is 30.7 Å². The van der Waals surface area contributed by atoms with Crippen molar-refractivity contribution in [2.75, 3.05) is 13.1 Å². The highest BCUT2D eigenvalue weighted by Crippen LogP contribution is 2.16. The van der Waals surface area contributed by atoms with Gasteiger partial charge in [0.15, 0.2) is 0 Å². The first-order chi connectivity index (χ1) is 8.49. The molecule has 2 unspecified atom stereocenters. The second-order valence-corrected chi connectivity index (χ2v) is 5.43. The molecule has 0 radical (unpaired) electrons. The monoisotopic (exact) mass is 246 g/mol. The fourth-order valence-corrected chi connectivity index (χ4v) is 2.65. The minimum absolute atomic E-state index is 0.163.